The number of hydrogen-bond acceptors (Lipinski definition) is 4. The molecule has 0 amide bonds. The quantitative estimate of drug-likeness (QED) is 0.596. The first kappa shape index (κ1) is 22.1. The molecule has 2 aliphatic heterocycles. The van der Waals surface area contributed by atoms with Crippen LogP contribution in [0, 0.1) is 0 Å². The molecule has 30 heavy (non-hydrogen) atoms. The van der Waals surface area contributed by atoms with Crippen molar-refractivity contribution in [2.24, 2.45) is 0 Å². The van der Waals surface area contributed by atoms with Crippen LogP contribution < -0.4 is 10.4 Å². The third-order valence-electron chi connectivity index (χ3n) is 6.14. The van der Waals surface area contributed by atoms with E-state index in [0.29, 0.717) is 11.9 Å². The molecule has 0 bridgehead atoms. The van der Waals surface area contributed by atoms with E-state index in [1.165, 1.54) is 10.4 Å². The van der Waals surface area contributed by atoms with Crippen LogP contribution in [0.2, 0.25) is 15.2 Å². The number of ether oxygens (including phenoxy) is 2. The summed E-state index contributed by atoms with van der Waals surface area (Å²) >= 11 is -2.09. The van der Waals surface area contributed by atoms with Crippen LogP contribution in [0.5, 0.6) is 0 Å². The van der Waals surface area contributed by atoms with Crippen molar-refractivity contribution in [3.8, 4) is 0 Å². The Balaban J connectivity index is 1.72. The summed E-state index contributed by atoms with van der Waals surface area (Å²) in [5, 5.41) is 3.00. The van der Waals surface area contributed by atoms with Gasteiger partial charge in [-0.3, -0.25) is 0 Å². The maximum absolute atomic E-state index is 13.0. The van der Waals surface area contributed by atoms with E-state index < -0.39 is 27.9 Å². The van der Waals surface area contributed by atoms with Gasteiger partial charge in [-0.1, -0.05) is 0 Å². The fourth-order valence-corrected chi connectivity index (χ4v) is 13.0. The second-order valence-corrected chi connectivity index (χ2v) is 17.6. The van der Waals surface area contributed by atoms with Gasteiger partial charge >= 0.3 is 185 Å². The van der Waals surface area contributed by atoms with Crippen LogP contribution in [0.4, 0.5) is 0 Å². The molecule has 0 N–H and O–H groups in total. The predicted molar refractivity (Wildman–Crippen MR) is 122 cm³/mol. The van der Waals surface area contributed by atoms with Crippen molar-refractivity contribution in [2.75, 3.05) is 6.61 Å². The Morgan fingerprint density at radius 1 is 1.00 bits per heavy atom. The number of fused-ring (bicyclic) bond motifs is 1. The SMILES string of the molecule is CC1(C)O[C@H]2[C@H](C[Se](=O)[C@@H]2CO[Si](c2ccccc2)(c2ccccc2)C(C)(C)C)O1. The molecule has 162 valence electrons. The summed E-state index contributed by atoms with van der Waals surface area (Å²) in [6.07, 6.45) is -0.212. The summed E-state index contributed by atoms with van der Waals surface area (Å²) in [7, 11) is -2.64. The third-order valence-corrected chi connectivity index (χ3v) is 14.8. The minimum absolute atomic E-state index is 0.0738. The number of rotatable bonds is 5. The normalized spacial score (nSPS) is 28.4. The van der Waals surface area contributed by atoms with Crippen molar-refractivity contribution < 1.29 is 17.7 Å². The van der Waals surface area contributed by atoms with Crippen molar-refractivity contribution in [2.45, 2.75) is 67.8 Å². The first-order chi connectivity index (χ1) is 14.1. The maximum atomic E-state index is 13.0. The summed E-state index contributed by atoms with van der Waals surface area (Å²) < 4.78 is 32.2. The van der Waals surface area contributed by atoms with Crippen LogP contribution in [0.3, 0.4) is 0 Å². The Hall–Kier alpha value is -1.14. The third kappa shape index (κ3) is 3.90. The molecule has 6 heteroatoms. The molecule has 4 rings (SSSR count). The van der Waals surface area contributed by atoms with Crippen molar-refractivity contribution in [3.63, 3.8) is 0 Å². The number of benzene rings is 2. The molecule has 2 fully saturated rings. The molecule has 2 aromatic carbocycles. The van der Waals surface area contributed by atoms with Crippen LogP contribution in [0.1, 0.15) is 34.6 Å². The average Bonchev–Trinajstić information content (AvgIpc) is 3.13. The van der Waals surface area contributed by atoms with Crippen LogP contribution in [0.25, 0.3) is 0 Å². The predicted octanol–water partition coefficient (Wildman–Crippen LogP) is 3.89. The molecule has 2 aliphatic rings. The van der Waals surface area contributed by atoms with Gasteiger partial charge in [0.05, 0.1) is 0 Å². The molecule has 0 radical (unpaired) electrons. The molecule has 2 heterocycles. The van der Waals surface area contributed by atoms with Crippen molar-refractivity contribution in [1.29, 1.82) is 0 Å². The van der Waals surface area contributed by atoms with Gasteiger partial charge in [-0.05, 0) is 0 Å². The zero-order chi connectivity index (χ0) is 21.6. The first-order valence-corrected chi connectivity index (χ1v) is 15.4. The van der Waals surface area contributed by atoms with Gasteiger partial charge in [0.25, 0.3) is 0 Å². The van der Waals surface area contributed by atoms with Gasteiger partial charge in [0.2, 0.25) is 0 Å². The van der Waals surface area contributed by atoms with Gasteiger partial charge in [-0.2, -0.15) is 0 Å². The van der Waals surface area contributed by atoms with Gasteiger partial charge in [0, 0.05) is 0 Å². The van der Waals surface area contributed by atoms with Gasteiger partial charge in [-0.25, -0.2) is 0 Å². The van der Waals surface area contributed by atoms with Gasteiger partial charge in [0.15, 0.2) is 0 Å². The van der Waals surface area contributed by atoms with Crippen LogP contribution in [-0.4, -0.2) is 46.8 Å². The molecule has 4 atom stereocenters. The molecule has 1 unspecified atom stereocenters. The summed E-state index contributed by atoms with van der Waals surface area (Å²) in [6, 6.07) is 21.2. The van der Waals surface area contributed by atoms with E-state index >= 15 is 0 Å². The molecular weight excluding hydrogens is 459 g/mol. The van der Waals surface area contributed by atoms with Crippen molar-refractivity contribution in [1.82, 2.24) is 0 Å². The van der Waals surface area contributed by atoms with Gasteiger partial charge < -0.3 is 0 Å². The Labute approximate surface area is 185 Å². The molecular formula is C24H32O4SeSi. The molecule has 4 nitrogen and oxygen atoms in total. The van der Waals surface area contributed by atoms with E-state index in [0.717, 1.165) is 0 Å². The molecule has 0 spiro atoms. The zero-order valence-corrected chi connectivity index (χ0v) is 21.2. The Kier molecular flexibility index (Phi) is 5.95. The summed E-state index contributed by atoms with van der Waals surface area (Å²) in [6.45, 7) is 11.1. The zero-order valence-electron chi connectivity index (χ0n) is 18.5. The average molecular weight is 492 g/mol. The number of hydrogen-bond donors (Lipinski definition) is 0. The summed E-state index contributed by atoms with van der Waals surface area (Å²) in [5.41, 5.74) is 0. The molecule has 2 aromatic rings. The molecule has 0 aliphatic carbocycles. The van der Waals surface area contributed by atoms with Crippen LogP contribution in [0.15, 0.2) is 60.7 Å². The van der Waals surface area contributed by atoms with E-state index in [1.807, 2.05) is 26.0 Å². The standard InChI is InChI=1S/C24H32O4SeSi/c1-23(2,3)30(18-12-8-6-9-13-18,19-14-10-7-11-15-19)26-16-21-22-20(17-29(21)25)27-24(4,5)28-22/h6-15,20-22H,16-17H2,1-5H3/t20-,21+,22-,29?/m0/s1. The van der Waals surface area contributed by atoms with Crippen molar-refractivity contribution in [3.05, 3.63) is 60.7 Å². The van der Waals surface area contributed by atoms with Crippen LogP contribution >= 0.6 is 0 Å². The molecule has 0 aromatic heterocycles. The Morgan fingerprint density at radius 3 is 2.03 bits per heavy atom. The summed E-state index contributed by atoms with van der Waals surface area (Å²) in [4.78, 5) is -0.0848. The topological polar surface area (TPSA) is 44.8 Å². The van der Waals surface area contributed by atoms with E-state index in [4.69, 9.17) is 13.9 Å². The Bertz CT molecular complexity index is 855. The fraction of sp³-hybridized carbons (Fsp3) is 0.500. The van der Waals surface area contributed by atoms with E-state index in [1.54, 1.807) is 0 Å². The second kappa shape index (κ2) is 8.08. The van der Waals surface area contributed by atoms with Crippen molar-refractivity contribution >= 4 is 32.5 Å². The van der Waals surface area contributed by atoms with E-state index in [2.05, 4.69) is 69.3 Å². The molecule has 0 saturated carbocycles. The van der Waals surface area contributed by atoms with Gasteiger partial charge in [-0.15, -0.1) is 0 Å². The van der Waals surface area contributed by atoms with Crippen LogP contribution in [-0.2, 0) is 17.7 Å². The van der Waals surface area contributed by atoms with E-state index in [-0.39, 0.29) is 22.1 Å². The summed E-state index contributed by atoms with van der Waals surface area (Å²) in [5.74, 6) is -0.614. The first-order valence-electron chi connectivity index (χ1n) is 10.6. The Morgan fingerprint density at radius 2 is 1.53 bits per heavy atom. The molecule has 2 saturated heterocycles. The monoisotopic (exact) mass is 492 g/mol. The fourth-order valence-electron chi connectivity index (χ4n) is 4.88. The van der Waals surface area contributed by atoms with Gasteiger partial charge in [0.1, 0.15) is 0 Å². The van der Waals surface area contributed by atoms with E-state index in [9.17, 15) is 3.83 Å². The minimum atomic E-state index is -2.64. The second-order valence-electron chi connectivity index (χ2n) is 9.70.